The molecule has 0 bridgehead atoms. The molecule has 34 heavy (non-hydrogen) atoms. The van der Waals surface area contributed by atoms with Crippen LogP contribution in [0.4, 0.5) is 0 Å². The van der Waals surface area contributed by atoms with E-state index in [1.807, 2.05) is 72.8 Å². The van der Waals surface area contributed by atoms with Gasteiger partial charge in [0.2, 0.25) is 0 Å². The maximum Gasteiger partial charge on any atom is 0.308 e. The van der Waals surface area contributed by atoms with Crippen molar-refractivity contribution < 1.29 is 23.7 Å². The number of carbonyl (C=O) groups is 1. The second kappa shape index (κ2) is 9.75. The Kier molecular flexibility index (Phi) is 6.38. The SMILES string of the molecule is COc1ccc(C2NNC3OC(=O)CC(c4ccc(OCc5ccccc5)c(OC)c4)C32)cc1. The van der Waals surface area contributed by atoms with Gasteiger partial charge in [-0.05, 0) is 41.0 Å². The third-order valence-electron chi connectivity index (χ3n) is 6.55. The lowest BCUT2D eigenvalue weighted by molar-refractivity contribution is -0.160. The third-order valence-corrected chi connectivity index (χ3v) is 6.55. The molecule has 3 aromatic carbocycles. The zero-order chi connectivity index (χ0) is 23.5. The molecule has 0 saturated carbocycles. The van der Waals surface area contributed by atoms with Gasteiger partial charge in [0.05, 0.1) is 26.7 Å². The highest BCUT2D eigenvalue weighted by Gasteiger charge is 2.48. The Balaban J connectivity index is 1.41. The van der Waals surface area contributed by atoms with Crippen LogP contribution in [0, 0.1) is 5.92 Å². The van der Waals surface area contributed by atoms with Crippen LogP contribution in [0.1, 0.15) is 35.1 Å². The van der Waals surface area contributed by atoms with Gasteiger partial charge in [-0.2, -0.15) is 0 Å². The number of benzene rings is 3. The summed E-state index contributed by atoms with van der Waals surface area (Å²) < 4.78 is 22.6. The summed E-state index contributed by atoms with van der Waals surface area (Å²) in [5.41, 5.74) is 9.68. The number of nitrogens with one attached hydrogen (secondary N) is 2. The number of rotatable bonds is 7. The van der Waals surface area contributed by atoms with Gasteiger partial charge in [0.25, 0.3) is 0 Å². The molecular weight excluding hydrogens is 432 g/mol. The number of hydrogen-bond donors (Lipinski definition) is 2. The minimum atomic E-state index is -0.418. The normalized spacial score (nSPS) is 23.6. The summed E-state index contributed by atoms with van der Waals surface area (Å²) in [5.74, 6) is 1.83. The topological polar surface area (TPSA) is 78.0 Å². The minimum Gasteiger partial charge on any atom is -0.497 e. The molecular formula is C27H28N2O5. The standard InChI is InChI=1S/C27H28N2O5/c1-31-20-11-8-18(9-12-20)26-25-21(15-24(30)34-27(25)29-28-26)19-10-13-22(23(14-19)32-2)33-16-17-6-4-3-5-7-17/h3-14,21,25-29H,15-16H2,1-2H3. The first kappa shape index (κ1) is 22.3. The predicted octanol–water partition coefficient (Wildman–Crippen LogP) is 4.10. The quantitative estimate of drug-likeness (QED) is 0.514. The summed E-state index contributed by atoms with van der Waals surface area (Å²) >= 11 is 0. The monoisotopic (exact) mass is 460 g/mol. The van der Waals surface area contributed by atoms with Crippen molar-refractivity contribution in [3.8, 4) is 17.2 Å². The van der Waals surface area contributed by atoms with E-state index in [9.17, 15) is 4.79 Å². The highest BCUT2D eigenvalue weighted by Crippen LogP contribution is 2.46. The van der Waals surface area contributed by atoms with E-state index in [2.05, 4.69) is 10.9 Å². The Morgan fingerprint density at radius 2 is 1.65 bits per heavy atom. The van der Waals surface area contributed by atoms with Gasteiger partial charge in [0.15, 0.2) is 17.7 Å². The molecule has 7 nitrogen and oxygen atoms in total. The van der Waals surface area contributed by atoms with Crippen molar-refractivity contribution in [2.24, 2.45) is 5.92 Å². The maximum atomic E-state index is 12.4. The average Bonchev–Trinajstić information content (AvgIpc) is 3.31. The number of esters is 1. The van der Waals surface area contributed by atoms with Crippen LogP contribution in [0.5, 0.6) is 17.2 Å². The van der Waals surface area contributed by atoms with Crippen LogP contribution in [0.3, 0.4) is 0 Å². The smallest absolute Gasteiger partial charge is 0.308 e. The van der Waals surface area contributed by atoms with Crippen LogP contribution >= 0.6 is 0 Å². The fourth-order valence-electron chi connectivity index (χ4n) is 4.82. The summed E-state index contributed by atoms with van der Waals surface area (Å²) in [6.45, 7) is 0.449. The number of fused-ring (bicyclic) bond motifs is 1. The summed E-state index contributed by atoms with van der Waals surface area (Å²) in [6.07, 6.45) is -0.122. The van der Waals surface area contributed by atoms with E-state index in [-0.39, 0.29) is 23.8 Å². The molecule has 4 unspecified atom stereocenters. The van der Waals surface area contributed by atoms with E-state index in [4.69, 9.17) is 18.9 Å². The van der Waals surface area contributed by atoms with Crippen molar-refractivity contribution in [3.05, 3.63) is 89.5 Å². The van der Waals surface area contributed by atoms with Crippen LogP contribution in [-0.2, 0) is 16.1 Å². The van der Waals surface area contributed by atoms with Gasteiger partial charge in [-0.15, -0.1) is 0 Å². The molecule has 2 fully saturated rings. The lowest BCUT2D eigenvalue weighted by Crippen LogP contribution is -2.42. The highest BCUT2D eigenvalue weighted by molar-refractivity contribution is 5.72. The van der Waals surface area contributed by atoms with Gasteiger partial charge in [-0.25, -0.2) is 10.9 Å². The van der Waals surface area contributed by atoms with E-state index >= 15 is 0 Å². The van der Waals surface area contributed by atoms with Crippen LogP contribution in [0.15, 0.2) is 72.8 Å². The molecule has 4 atom stereocenters. The van der Waals surface area contributed by atoms with Crippen molar-refractivity contribution in [1.29, 1.82) is 0 Å². The Morgan fingerprint density at radius 1 is 0.882 bits per heavy atom. The largest absolute Gasteiger partial charge is 0.497 e. The molecule has 0 aromatic heterocycles. The molecule has 2 aliphatic rings. The van der Waals surface area contributed by atoms with Gasteiger partial charge < -0.3 is 18.9 Å². The molecule has 5 rings (SSSR count). The van der Waals surface area contributed by atoms with Crippen LogP contribution in [-0.4, -0.2) is 26.4 Å². The Bertz CT molecular complexity index is 1140. The van der Waals surface area contributed by atoms with Gasteiger partial charge in [0, 0.05) is 11.8 Å². The molecule has 0 aliphatic carbocycles. The van der Waals surface area contributed by atoms with Crippen molar-refractivity contribution in [1.82, 2.24) is 10.9 Å². The van der Waals surface area contributed by atoms with Gasteiger partial charge in [-0.1, -0.05) is 48.5 Å². The van der Waals surface area contributed by atoms with Crippen molar-refractivity contribution in [2.45, 2.75) is 31.2 Å². The Hall–Kier alpha value is -3.55. The average molecular weight is 461 g/mol. The molecule has 2 saturated heterocycles. The van der Waals surface area contributed by atoms with Gasteiger partial charge >= 0.3 is 5.97 Å². The van der Waals surface area contributed by atoms with E-state index in [0.717, 1.165) is 22.4 Å². The zero-order valence-electron chi connectivity index (χ0n) is 19.2. The van der Waals surface area contributed by atoms with Crippen LogP contribution in [0.25, 0.3) is 0 Å². The number of hydrazine groups is 1. The number of hydrogen-bond acceptors (Lipinski definition) is 7. The first-order valence-corrected chi connectivity index (χ1v) is 11.4. The fourth-order valence-corrected chi connectivity index (χ4v) is 4.82. The molecule has 176 valence electrons. The second-order valence-electron chi connectivity index (χ2n) is 8.52. The van der Waals surface area contributed by atoms with Crippen LogP contribution < -0.4 is 25.1 Å². The van der Waals surface area contributed by atoms with Crippen molar-refractivity contribution >= 4 is 5.97 Å². The molecule has 2 aliphatic heterocycles. The fraction of sp³-hybridized carbons (Fsp3) is 0.296. The number of ether oxygens (including phenoxy) is 4. The van der Waals surface area contributed by atoms with E-state index in [1.54, 1.807) is 14.2 Å². The lowest BCUT2D eigenvalue weighted by atomic mass is 9.76. The number of methoxy groups -OCH3 is 2. The molecule has 0 radical (unpaired) electrons. The summed E-state index contributed by atoms with van der Waals surface area (Å²) in [7, 11) is 3.28. The summed E-state index contributed by atoms with van der Waals surface area (Å²) in [5, 5.41) is 0. The van der Waals surface area contributed by atoms with Crippen molar-refractivity contribution in [3.63, 3.8) is 0 Å². The Morgan fingerprint density at radius 3 is 2.38 bits per heavy atom. The molecule has 3 aromatic rings. The number of carbonyl (C=O) groups excluding carboxylic acids is 1. The van der Waals surface area contributed by atoms with Crippen LogP contribution in [0.2, 0.25) is 0 Å². The summed E-state index contributed by atoms with van der Waals surface area (Å²) in [6, 6.07) is 23.8. The minimum absolute atomic E-state index is 0.00638. The molecule has 2 N–H and O–H groups in total. The van der Waals surface area contributed by atoms with E-state index < -0.39 is 6.23 Å². The van der Waals surface area contributed by atoms with E-state index in [0.29, 0.717) is 24.5 Å². The zero-order valence-corrected chi connectivity index (χ0v) is 19.2. The highest BCUT2D eigenvalue weighted by atomic mass is 16.6. The van der Waals surface area contributed by atoms with E-state index in [1.165, 1.54) is 0 Å². The predicted molar refractivity (Wildman–Crippen MR) is 127 cm³/mol. The third kappa shape index (κ3) is 4.44. The molecule has 2 heterocycles. The molecule has 0 spiro atoms. The van der Waals surface area contributed by atoms with Crippen molar-refractivity contribution in [2.75, 3.05) is 14.2 Å². The van der Waals surface area contributed by atoms with Gasteiger partial charge in [0.1, 0.15) is 12.4 Å². The molecule has 7 heteroatoms. The Labute approximate surface area is 199 Å². The lowest BCUT2D eigenvalue weighted by Gasteiger charge is -2.35. The first-order chi connectivity index (χ1) is 16.7. The second-order valence-corrected chi connectivity index (χ2v) is 8.52. The summed E-state index contributed by atoms with van der Waals surface area (Å²) in [4.78, 5) is 12.4. The van der Waals surface area contributed by atoms with Gasteiger partial charge in [-0.3, -0.25) is 4.79 Å². The first-order valence-electron chi connectivity index (χ1n) is 11.4. The molecule has 0 amide bonds. The maximum absolute atomic E-state index is 12.4.